The van der Waals surface area contributed by atoms with Gasteiger partial charge in [0.1, 0.15) is 0 Å². The zero-order valence-electron chi connectivity index (χ0n) is 9.74. The van der Waals surface area contributed by atoms with Gasteiger partial charge in [-0.3, -0.25) is 0 Å². The highest BCUT2D eigenvalue weighted by Crippen LogP contribution is 2.19. The van der Waals surface area contributed by atoms with Crippen LogP contribution >= 0.6 is 11.6 Å². The third-order valence-corrected chi connectivity index (χ3v) is 2.41. The molecule has 0 heterocycles. The van der Waals surface area contributed by atoms with Crippen LogP contribution in [0.25, 0.3) is 0 Å². The van der Waals surface area contributed by atoms with Crippen molar-refractivity contribution in [3.05, 3.63) is 28.8 Å². The first kappa shape index (κ1) is 13.8. The van der Waals surface area contributed by atoms with E-state index in [-0.39, 0.29) is 0 Å². The van der Waals surface area contributed by atoms with Gasteiger partial charge in [-0.15, -0.1) is 0 Å². The zero-order chi connectivity index (χ0) is 12.7. The highest BCUT2D eigenvalue weighted by Gasteiger charge is 2.11. The van der Waals surface area contributed by atoms with E-state index in [0.29, 0.717) is 42.5 Å². The third-order valence-electron chi connectivity index (χ3n) is 2.08. The van der Waals surface area contributed by atoms with Gasteiger partial charge in [-0.2, -0.15) is 0 Å². The van der Waals surface area contributed by atoms with Crippen LogP contribution in [0, 0.1) is 0 Å². The van der Waals surface area contributed by atoms with Crippen molar-refractivity contribution in [3.63, 3.8) is 0 Å². The normalized spacial score (nSPS) is 10.2. The lowest BCUT2D eigenvalue weighted by Gasteiger charge is -2.07. The molecule has 0 aliphatic rings. The number of hydrogen-bond donors (Lipinski definition) is 1. The number of nitrogen functional groups attached to an aromatic ring is 1. The van der Waals surface area contributed by atoms with Crippen LogP contribution in [0.2, 0.25) is 5.02 Å². The molecule has 5 heteroatoms. The fourth-order valence-electron chi connectivity index (χ4n) is 1.25. The highest BCUT2D eigenvalue weighted by molar-refractivity contribution is 6.33. The summed E-state index contributed by atoms with van der Waals surface area (Å²) in [5, 5.41) is 0.342. The first-order valence-corrected chi connectivity index (χ1v) is 5.83. The lowest BCUT2D eigenvalue weighted by atomic mass is 10.2. The Labute approximate surface area is 106 Å². The predicted octanol–water partition coefficient (Wildman–Crippen LogP) is 2.51. The zero-order valence-corrected chi connectivity index (χ0v) is 10.5. The fourth-order valence-corrected chi connectivity index (χ4v) is 1.44. The molecule has 0 aliphatic heterocycles. The van der Waals surface area contributed by atoms with Crippen LogP contribution in [0.15, 0.2) is 18.2 Å². The average molecular weight is 258 g/mol. The maximum absolute atomic E-state index is 11.6. The molecule has 0 amide bonds. The molecule has 2 N–H and O–H groups in total. The Kier molecular flexibility index (Phi) is 5.80. The van der Waals surface area contributed by atoms with Crippen LogP contribution in [0.5, 0.6) is 0 Å². The molecule has 0 bridgehead atoms. The van der Waals surface area contributed by atoms with Gasteiger partial charge in [-0.1, -0.05) is 11.6 Å². The predicted molar refractivity (Wildman–Crippen MR) is 67.3 cm³/mol. The number of hydrogen-bond acceptors (Lipinski definition) is 4. The van der Waals surface area contributed by atoms with E-state index < -0.39 is 5.97 Å². The smallest absolute Gasteiger partial charge is 0.339 e. The second-order valence-corrected chi connectivity index (χ2v) is 3.83. The van der Waals surface area contributed by atoms with Crippen molar-refractivity contribution < 1.29 is 14.3 Å². The Hall–Kier alpha value is -1.26. The summed E-state index contributed by atoms with van der Waals surface area (Å²) in [5.74, 6) is -0.459. The Morgan fingerprint density at radius 2 is 2.18 bits per heavy atom. The van der Waals surface area contributed by atoms with Crippen molar-refractivity contribution in [2.75, 3.05) is 25.6 Å². The highest BCUT2D eigenvalue weighted by atomic mass is 35.5. The molecule has 17 heavy (non-hydrogen) atoms. The average Bonchev–Trinajstić information content (AvgIpc) is 2.32. The standard InChI is InChI=1S/C12H16ClNO3/c1-2-16-6-3-7-17-12(15)10-8-9(14)4-5-11(10)13/h4-5,8H,2-3,6-7,14H2,1H3. The molecule has 1 aromatic carbocycles. The van der Waals surface area contributed by atoms with Gasteiger partial charge in [0.05, 0.1) is 17.2 Å². The molecule has 0 spiro atoms. The third kappa shape index (κ3) is 4.63. The largest absolute Gasteiger partial charge is 0.462 e. The summed E-state index contributed by atoms with van der Waals surface area (Å²) in [6.07, 6.45) is 0.666. The van der Waals surface area contributed by atoms with E-state index in [1.54, 1.807) is 12.1 Å². The van der Waals surface area contributed by atoms with E-state index in [4.69, 9.17) is 26.8 Å². The van der Waals surface area contributed by atoms with E-state index >= 15 is 0 Å². The molecule has 0 fully saturated rings. The molecular formula is C12H16ClNO3. The monoisotopic (exact) mass is 257 g/mol. The van der Waals surface area contributed by atoms with Crippen LogP contribution in [0.4, 0.5) is 5.69 Å². The summed E-state index contributed by atoms with van der Waals surface area (Å²) in [6.45, 7) is 3.46. The molecule has 94 valence electrons. The molecule has 0 aliphatic carbocycles. The minimum atomic E-state index is -0.459. The molecule has 0 aromatic heterocycles. The topological polar surface area (TPSA) is 61.5 Å². The van der Waals surface area contributed by atoms with Crippen molar-refractivity contribution in [3.8, 4) is 0 Å². The minimum Gasteiger partial charge on any atom is -0.462 e. The Morgan fingerprint density at radius 3 is 2.88 bits per heavy atom. The van der Waals surface area contributed by atoms with Crippen LogP contribution in [-0.2, 0) is 9.47 Å². The van der Waals surface area contributed by atoms with Crippen molar-refractivity contribution in [1.82, 2.24) is 0 Å². The Balaban J connectivity index is 2.44. The number of halogens is 1. The molecule has 0 atom stereocenters. The van der Waals surface area contributed by atoms with Gasteiger partial charge in [0.15, 0.2) is 0 Å². The van der Waals surface area contributed by atoms with Crippen LogP contribution < -0.4 is 5.73 Å². The SMILES string of the molecule is CCOCCCOC(=O)c1cc(N)ccc1Cl. The lowest BCUT2D eigenvalue weighted by Crippen LogP contribution is -2.09. The molecule has 0 radical (unpaired) electrons. The molecule has 4 nitrogen and oxygen atoms in total. The quantitative estimate of drug-likeness (QED) is 0.483. The first-order chi connectivity index (χ1) is 8.15. The van der Waals surface area contributed by atoms with Gasteiger partial charge in [-0.05, 0) is 25.1 Å². The summed E-state index contributed by atoms with van der Waals surface area (Å²) in [4.78, 5) is 11.6. The van der Waals surface area contributed by atoms with E-state index in [9.17, 15) is 4.79 Å². The lowest BCUT2D eigenvalue weighted by molar-refractivity contribution is 0.0452. The number of carbonyl (C=O) groups is 1. The number of anilines is 1. The maximum atomic E-state index is 11.6. The van der Waals surface area contributed by atoms with E-state index in [2.05, 4.69) is 0 Å². The minimum absolute atomic E-state index is 0.295. The van der Waals surface area contributed by atoms with Gasteiger partial charge in [-0.25, -0.2) is 4.79 Å². The van der Waals surface area contributed by atoms with Gasteiger partial charge in [0.25, 0.3) is 0 Å². The van der Waals surface area contributed by atoms with E-state index in [1.165, 1.54) is 6.07 Å². The number of esters is 1. The number of nitrogens with two attached hydrogens (primary N) is 1. The number of rotatable bonds is 6. The first-order valence-electron chi connectivity index (χ1n) is 5.45. The fraction of sp³-hybridized carbons (Fsp3) is 0.417. The summed E-state index contributed by atoms with van der Waals surface area (Å²) in [5.41, 5.74) is 6.35. The molecule has 1 rings (SSSR count). The maximum Gasteiger partial charge on any atom is 0.339 e. The van der Waals surface area contributed by atoms with Gasteiger partial charge < -0.3 is 15.2 Å². The second-order valence-electron chi connectivity index (χ2n) is 3.43. The van der Waals surface area contributed by atoms with Gasteiger partial charge in [0.2, 0.25) is 0 Å². The van der Waals surface area contributed by atoms with Crippen LogP contribution in [0.3, 0.4) is 0 Å². The van der Waals surface area contributed by atoms with Crippen molar-refractivity contribution in [1.29, 1.82) is 0 Å². The van der Waals surface area contributed by atoms with E-state index in [0.717, 1.165) is 0 Å². The van der Waals surface area contributed by atoms with Crippen molar-refractivity contribution in [2.24, 2.45) is 0 Å². The van der Waals surface area contributed by atoms with Gasteiger partial charge >= 0.3 is 5.97 Å². The molecule has 0 saturated carbocycles. The summed E-state index contributed by atoms with van der Waals surface area (Å²) in [6, 6.07) is 4.72. The molecule has 0 unspecified atom stereocenters. The molecular weight excluding hydrogens is 242 g/mol. The molecule has 0 saturated heterocycles. The Bertz CT molecular complexity index is 382. The van der Waals surface area contributed by atoms with Crippen molar-refractivity contribution >= 4 is 23.3 Å². The number of benzene rings is 1. The number of ether oxygens (including phenoxy) is 2. The summed E-state index contributed by atoms with van der Waals surface area (Å²) >= 11 is 5.87. The number of carbonyl (C=O) groups excluding carboxylic acids is 1. The van der Waals surface area contributed by atoms with Gasteiger partial charge in [0, 0.05) is 25.3 Å². The van der Waals surface area contributed by atoms with Crippen LogP contribution in [-0.4, -0.2) is 25.8 Å². The Morgan fingerprint density at radius 1 is 1.41 bits per heavy atom. The summed E-state index contributed by atoms with van der Waals surface area (Å²) < 4.78 is 10.2. The van der Waals surface area contributed by atoms with E-state index in [1.807, 2.05) is 6.92 Å². The summed E-state index contributed by atoms with van der Waals surface area (Å²) in [7, 11) is 0. The second kappa shape index (κ2) is 7.14. The van der Waals surface area contributed by atoms with Crippen LogP contribution in [0.1, 0.15) is 23.7 Å². The molecule has 1 aromatic rings. The van der Waals surface area contributed by atoms with Crippen molar-refractivity contribution in [2.45, 2.75) is 13.3 Å².